The van der Waals surface area contributed by atoms with Crippen LogP contribution in [-0.2, 0) is 0 Å². The van der Waals surface area contributed by atoms with E-state index < -0.39 is 0 Å². The van der Waals surface area contributed by atoms with Crippen LogP contribution in [0, 0.1) is 12.7 Å². The van der Waals surface area contributed by atoms with Gasteiger partial charge in [-0.1, -0.05) is 12.1 Å². The molecule has 1 N–H and O–H groups in total. The number of rotatable bonds is 3. The minimum Gasteiger partial charge on any atom is -0.454 e. The van der Waals surface area contributed by atoms with Crippen LogP contribution >= 0.6 is 0 Å². The minimum absolute atomic E-state index is 0.00507. The van der Waals surface area contributed by atoms with E-state index in [1.54, 1.807) is 19.1 Å². The molecule has 3 nitrogen and oxygen atoms in total. The van der Waals surface area contributed by atoms with Crippen LogP contribution in [0.15, 0.2) is 36.4 Å². The van der Waals surface area contributed by atoms with Crippen LogP contribution < -0.4 is 14.8 Å². The Labute approximate surface area is 117 Å². The first-order chi connectivity index (χ1) is 9.63. The van der Waals surface area contributed by atoms with Crippen molar-refractivity contribution in [1.29, 1.82) is 0 Å². The molecule has 1 atom stereocenters. The molecule has 0 aromatic heterocycles. The van der Waals surface area contributed by atoms with Crippen LogP contribution in [0.2, 0.25) is 0 Å². The lowest BCUT2D eigenvalue weighted by atomic mass is 10.1. The number of hydrogen-bond donors (Lipinski definition) is 1. The van der Waals surface area contributed by atoms with Crippen molar-refractivity contribution in [3.8, 4) is 11.5 Å². The lowest BCUT2D eigenvalue weighted by Gasteiger charge is -2.16. The standard InChI is InChI=1S/C16H16FNO2/c1-10-3-4-12(7-14(10)17)11(2)18-13-5-6-15-16(8-13)20-9-19-15/h3-8,11,18H,9H2,1-2H3. The minimum atomic E-state index is -0.179. The molecule has 104 valence electrons. The molecule has 1 aliphatic heterocycles. The summed E-state index contributed by atoms with van der Waals surface area (Å²) in [4.78, 5) is 0. The van der Waals surface area contributed by atoms with Crippen LogP contribution in [0.1, 0.15) is 24.1 Å². The summed E-state index contributed by atoms with van der Waals surface area (Å²) in [7, 11) is 0. The first kappa shape index (κ1) is 12.8. The fourth-order valence-corrected chi connectivity index (χ4v) is 2.20. The molecule has 2 aromatic carbocycles. The third kappa shape index (κ3) is 2.41. The summed E-state index contributed by atoms with van der Waals surface area (Å²) >= 11 is 0. The van der Waals surface area contributed by atoms with Gasteiger partial charge < -0.3 is 14.8 Å². The summed E-state index contributed by atoms with van der Waals surface area (Å²) in [5, 5.41) is 3.33. The molecule has 4 heteroatoms. The van der Waals surface area contributed by atoms with Gasteiger partial charge in [-0.25, -0.2) is 4.39 Å². The summed E-state index contributed by atoms with van der Waals surface area (Å²) < 4.78 is 24.2. The molecule has 0 radical (unpaired) electrons. The maximum atomic E-state index is 13.6. The van der Waals surface area contributed by atoms with E-state index in [4.69, 9.17) is 9.47 Å². The molecule has 0 spiro atoms. The maximum absolute atomic E-state index is 13.6. The van der Waals surface area contributed by atoms with Crippen molar-refractivity contribution in [3.63, 3.8) is 0 Å². The Hall–Kier alpha value is -2.23. The Kier molecular flexibility index (Phi) is 3.22. The monoisotopic (exact) mass is 273 g/mol. The average Bonchev–Trinajstić information content (AvgIpc) is 2.89. The van der Waals surface area contributed by atoms with E-state index in [2.05, 4.69) is 5.32 Å². The van der Waals surface area contributed by atoms with E-state index in [0.29, 0.717) is 5.56 Å². The fourth-order valence-electron chi connectivity index (χ4n) is 2.20. The zero-order chi connectivity index (χ0) is 14.1. The first-order valence-corrected chi connectivity index (χ1v) is 6.56. The van der Waals surface area contributed by atoms with Gasteiger partial charge in [0, 0.05) is 17.8 Å². The van der Waals surface area contributed by atoms with Crippen molar-refractivity contribution < 1.29 is 13.9 Å². The normalized spacial score (nSPS) is 14.2. The van der Waals surface area contributed by atoms with Crippen molar-refractivity contribution in [2.24, 2.45) is 0 Å². The molecule has 0 fully saturated rings. The highest BCUT2D eigenvalue weighted by Gasteiger charge is 2.14. The Morgan fingerprint density at radius 2 is 1.90 bits per heavy atom. The molecule has 0 saturated heterocycles. The Bertz CT molecular complexity index is 642. The van der Waals surface area contributed by atoms with E-state index in [9.17, 15) is 4.39 Å². The summed E-state index contributed by atoms with van der Waals surface area (Å²) in [6.07, 6.45) is 0. The summed E-state index contributed by atoms with van der Waals surface area (Å²) in [6, 6.07) is 11.0. The molecule has 20 heavy (non-hydrogen) atoms. The van der Waals surface area contributed by atoms with Crippen LogP contribution in [0.4, 0.5) is 10.1 Å². The zero-order valence-corrected chi connectivity index (χ0v) is 11.4. The van der Waals surface area contributed by atoms with E-state index in [0.717, 1.165) is 22.7 Å². The number of ether oxygens (including phenoxy) is 2. The van der Waals surface area contributed by atoms with Crippen molar-refractivity contribution in [1.82, 2.24) is 0 Å². The van der Waals surface area contributed by atoms with Gasteiger partial charge in [-0.15, -0.1) is 0 Å². The molecule has 0 aliphatic carbocycles. The van der Waals surface area contributed by atoms with Gasteiger partial charge in [0.15, 0.2) is 11.5 Å². The van der Waals surface area contributed by atoms with Gasteiger partial charge in [0.1, 0.15) is 5.82 Å². The van der Waals surface area contributed by atoms with Gasteiger partial charge in [0.2, 0.25) is 6.79 Å². The van der Waals surface area contributed by atoms with Crippen molar-refractivity contribution >= 4 is 5.69 Å². The summed E-state index contributed by atoms with van der Waals surface area (Å²) in [6.45, 7) is 4.02. The number of aryl methyl sites for hydroxylation is 1. The smallest absolute Gasteiger partial charge is 0.231 e. The molecular weight excluding hydrogens is 257 g/mol. The van der Waals surface area contributed by atoms with E-state index >= 15 is 0 Å². The molecule has 2 aromatic rings. The molecular formula is C16H16FNO2. The number of fused-ring (bicyclic) bond motifs is 1. The lowest BCUT2D eigenvalue weighted by molar-refractivity contribution is 0.174. The van der Waals surface area contributed by atoms with Crippen molar-refractivity contribution in [2.75, 3.05) is 12.1 Å². The lowest BCUT2D eigenvalue weighted by Crippen LogP contribution is -2.07. The SMILES string of the molecule is Cc1ccc(C(C)Nc2ccc3c(c2)OCO3)cc1F. The molecule has 0 bridgehead atoms. The average molecular weight is 273 g/mol. The zero-order valence-electron chi connectivity index (χ0n) is 11.4. The van der Waals surface area contributed by atoms with Gasteiger partial charge >= 0.3 is 0 Å². The number of hydrogen-bond acceptors (Lipinski definition) is 3. The Morgan fingerprint density at radius 3 is 2.70 bits per heavy atom. The van der Waals surface area contributed by atoms with Gasteiger partial charge in [0.05, 0.1) is 0 Å². The summed E-state index contributed by atoms with van der Waals surface area (Å²) in [5.41, 5.74) is 2.48. The molecule has 3 rings (SSSR count). The third-order valence-electron chi connectivity index (χ3n) is 3.45. The molecule has 1 unspecified atom stereocenters. The highest BCUT2D eigenvalue weighted by molar-refractivity contribution is 5.56. The van der Waals surface area contributed by atoms with Gasteiger partial charge in [-0.3, -0.25) is 0 Å². The van der Waals surface area contributed by atoms with Gasteiger partial charge in [0.25, 0.3) is 0 Å². The molecule has 0 saturated carbocycles. The Morgan fingerprint density at radius 1 is 1.10 bits per heavy atom. The highest BCUT2D eigenvalue weighted by atomic mass is 19.1. The first-order valence-electron chi connectivity index (χ1n) is 6.56. The second-order valence-corrected chi connectivity index (χ2v) is 4.94. The van der Waals surface area contributed by atoms with E-state index in [1.165, 1.54) is 0 Å². The highest BCUT2D eigenvalue weighted by Crippen LogP contribution is 2.35. The van der Waals surface area contributed by atoms with Crippen molar-refractivity contribution in [3.05, 3.63) is 53.3 Å². The quantitative estimate of drug-likeness (QED) is 0.915. The third-order valence-corrected chi connectivity index (χ3v) is 3.45. The van der Waals surface area contributed by atoms with Crippen molar-refractivity contribution in [2.45, 2.75) is 19.9 Å². The van der Waals surface area contributed by atoms with E-state index in [-0.39, 0.29) is 18.7 Å². The predicted molar refractivity (Wildman–Crippen MR) is 75.7 cm³/mol. The van der Waals surface area contributed by atoms with Crippen LogP contribution in [0.3, 0.4) is 0 Å². The second kappa shape index (κ2) is 5.04. The van der Waals surface area contributed by atoms with Crippen LogP contribution in [0.5, 0.6) is 11.5 Å². The van der Waals surface area contributed by atoms with Gasteiger partial charge in [-0.2, -0.15) is 0 Å². The maximum Gasteiger partial charge on any atom is 0.231 e. The van der Waals surface area contributed by atoms with Crippen LogP contribution in [-0.4, -0.2) is 6.79 Å². The topological polar surface area (TPSA) is 30.5 Å². The number of nitrogens with one attached hydrogen (secondary N) is 1. The van der Waals surface area contributed by atoms with Gasteiger partial charge in [-0.05, 0) is 43.2 Å². The number of halogens is 1. The largest absolute Gasteiger partial charge is 0.454 e. The molecule has 1 heterocycles. The van der Waals surface area contributed by atoms with Crippen LogP contribution in [0.25, 0.3) is 0 Å². The predicted octanol–water partition coefficient (Wildman–Crippen LogP) is 4.04. The number of anilines is 1. The van der Waals surface area contributed by atoms with E-state index in [1.807, 2.05) is 31.2 Å². The molecule has 0 amide bonds. The Balaban J connectivity index is 1.78. The number of benzene rings is 2. The summed E-state index contributed by atoms with van der Waals surface area (Å²) in [5.74, 6) is 1.31. The molecule has 1 aliphatic rings. The fraction of sp³-hybridized carbons (Fsp3) is 0.250. The second-order valence-electron chi connectivity index (χ2n) is 4.94.